The van der Waals surface area contributed by atoms with Crippen LogP contribution in [0.15, 0.2) is 23.1 Å². The van der Waals surface area contributed by atoms with Crippen molar-refractivity contribution in [3.63, 3.8) is 0 Å². The third-order valence-electron chi connectivity index (χ3n) is 5.66. The Kier molecular flexibility index (Phi) is 6.77. The van der Waals surface area contributed by atoms with E-state index in [0.29, 0.717) is 44.2 Å². The molecule has 2 fully saturated rings. The monoisotopic (exact) mass is 478 g/mol. The zero-order chi connectivity index (χ0) is 23.6. The Balaban J connectivity index is 1.54. The highest BCUT2D eigenvalue weighted by Crippen LogP contribution is 2.24. The van der Waals surface area contributed by atoms with Gasteiger partial charge in [-0.25, -0.2) is 13.4 Å². The van der Waals surface area contributed by atoms with Crippen LogP contribution in [0, 0.1) is 0 Å². The van der Waals surface area contributed by atoms with Gasteiger partial charge in [0.05, 0.1) is 29.1 Å². The van der Waals surface area contributed by atoms with Crippen LogP contribution in [0.3, 0.4) is 0 Å². The Bertz CT molecular complexity index is 1170. The molecule has 0 atom stereocenters. The van der Waals surface area contributed by atoms with Crippen LogP contribution in [0.1, 0.15) is 32.0 Å². The van der Waals surface area contributed by atoms with Gasteiger partial charge >= 0.3 is 5.97 Å². The van der Waals surface area contributed by atoms with Crippen molar-refractivity contribution in [3.8, 4) is 0 Å². The summed E-state index contributed by atoms with van der Waals surface area (Å²) < 4.78 is 39.8. The number of imidazole rings is 1. The predicted molar refractivity (Wildman–Crippen MR) is 115 cm³/mol. The van der Waals surface area contributed by atoms with Crippen molar-refractivity contribution in [3.05, 3.63) is 24.0 Å². The average molecular weight is 479 g/mol. The molecule has 2 saturated heterocycles. The van der Waals surface area contributed by atoms with Gasteiger partial charge in [0, 0.05) is 32.5 Å². The number of esters is 1. The van der Waals surface area contributed by atoms with Crippen molar-refractivity contribution >= 4 is 38.8 Å². The van der Waals surface area contributed by atoms with E-state index in [-0.39, 0.29) is 36.2 Å². The van der Waals surface area contributed by atoms with Crippen LogP contribution in [0.5, 0.6) is 0 Å². The number of carbonyl (C=O) groups excluding carboxylic acids is 3. The normalized spacial score (nSPS) is 17.8. The minimum atomic E-state index is -3.67. The zero-order valence-corrected chi connectivity index (χ0v) is 19.2. The number of sulfonamides is 1. The van der Waals surface area contributed by atoms with Gasteiger partial charge < -0.3 is 14.0 Å². The molecule has 2 aliphatic heterocycles. The Labute approximate surface area is 191 Å². The molecule has 33 heavy (non-hydrogen) atoms. The lowest BCUT2D eigenvalue weighted by molar-refractivity contribution is -0.153. The lowest BCUT2D eigenvalue weighted by Gasteiger charge is -2.26. The third kappa shape index (κ3) is 4.77. The Morgan fingerprint density at radius 2 is 1.85 bits per heavy atom. The molecule has 0 N–H and O–H groups in total. The lowest BCUT2D eigenvalue weighted by atomic mass is 10.3. The van der Waals surface area contributed by atoms with Crippen LogP contribution < -0.4 is 0 Å². The number of morpholine rings is 1. The summed E-state index contributed by atoms with van der Waals surface area (Å²) in [5, 5.41) is 0. The van der Waals surface area contributed by atoms with Gasteiger partial charge in [0.1, 0.15) is 19.0 Å². The Morgan fingerprint density at radius 3 is 2.52 bits per heavy atom. The van der Waals surface area contributed by atoms with Crippen LogP contribution in [0.25, 0.3) is 11.0 Å². The largest absolute Gasteiger partial charge is 0.456 e. The molecule has 0 unspecified atom stereocenters. The topological polar surface area (TPSA) is 128 Å². The van der Waals surface area contributed by atoms with E-state index in [0.717, 1.165) is 16.8 Å². The molecule has 0 spiro atoms. The number of likely N-dealkylation sites (tertiary alicyclic amines) is 1. The number of aromatic nitrogens is 2. The first-order valence-electron chi connectivity index (χ1n) is 10.9. The van der Waals surface area contributed by atoms with Gasteiger partial charge in [0.2, 0.25) is 21.8 Å². The van der Waals surface area contributed by atoms with Crippen LogP contribution in [0.2, 0.25) is 0 Å². The Hall–Kier alpha value is -2.83. The van der Waals surface area contributed by atoms with E-state index in [2.05, 4.69) is 4.98 Å². The van der Waals surface area contributed by atoms with Crippen molar-refractivity contribution < 1.29 is 32.3 Å². The number of fused-ring (bicyclic) bond motifs is 1. The zero-order valence-electron chi connectivity index (χ0n) is 18.4. The minimum Gasteiger partial charge on any atom is -0.456 e. The van der Waals surface area contributed by atoms with E-state index in [4.69, 9.17) is 9.47 Å². The van der Waals surface area contributed by atoms with E-state index >= 15 is 0 Å². The highest BCUT2D eigenvalue weighted by Gasteiger charge is 2.31. The van der Waals surface area contributed by atoms with E-state index in [9.17, 15) is 22.8 Å². The molecule has 2 aromatic rings. The number of hydrogen-bond acceptors (Lipinski definition) is 8. The van der Waals surface area contributed by atoms with Gasteiger partial charge in [-0.2, -0.15) is 4.31 Å². The second-order valence-corrected chi connectivity index (χ2v) is 9.82. The van der Waals surface area contributed by atoms with Crippen LogP contribution >= 0.6 is 0 Å². The van der Waals surface area contributed by atoms with Gasteiger partial charge in [-0.15, -0.1) is 0 Å². The number of nitrogens with zero attached hydrogens (tertiary/aromatic N) is 4. The SMILES string of the molecule is CCCn1c(COC(=O)CN2C(=O)CCC2=O)nc2cc(S(=O)(=O)N3CCOCC3)ccc21. The average Bonchev–Trinajstić information content (AvgIpc) is 3.32. The summed E-state index contributed by atoms with van der Waals surface area (Å²) in [4.78, 5) is 41.2. The maximum atomic E-state index is 13.0. The van der Waals surface area contributed by atoms with Gasteiger partial charge in [-0.3, -0.25) is 19.3 Å². The van der Waals surface area contributed by atoms with Gasteiger partial charge in [0.25, 0.3) is 0 Å². The second-order valence-electron chi connectivity index (χ2n) is 7.88. The number of hydrogen-bond donors (Lipinski definition) is 0. The number of amides is 2. The number of aryl methyl sites for hydroxylation is 1. The molecule has 1 aromatic carbocycles. The summed E-state index contributed by atoms with van der Waals surface area (Å²) >= 11 is 0. The van der Waals surface area contributed by atoms with Crippen molar-refractivity contribution in [2.45, 2.75) is 44.2 Å². The molecule has 11 nitrogen and oxygen atoms in total. The molecule has 1 aromatic heterocycles. The van der Waals surface area contributed by atoms with E-state index in [1.54, 1.807) is 12.1 Å². The lowest BCUT2D eigenvalue weighted by Crippen LogP contribution is -2.40. The van der Waals surface area contributed by atoms with E-state index in [1.165, 1.54) is 10.4 Å². The van der Waals surface area contributed by atoms with Gasteiger partial charge in [-0.05, 0) is 24.6 Å². The van der Waals surface area contributed by atoms with Crippen molar-refractivity contribution in [2.24, 2.45) is 0 Å². The fraction of sp³-hybridized carbons (Fsp3) is 0.524. The van der Waals surface area contributed by atoms with Gasteiger partial charge in [0.15, 0.2) is 0 Å². The second kappa shape index (κ2) is 9.57. The molecular formula is C21H26N4O7S. The number of benzene rings is 1. The first-order valence-corrected chi connectivity index (χ1v) is 12.3. The summed E-state index contributed by atoms with van der Waals surface area (Å²) in [6.45, 7) is 3.32. The van der Waals surface area contributed by atoms with E-state index in [1.807, 2.05) is 11.5 Å². The first kappa shape index (κ1) is 23.3. The highest BCUT2D eigenvalue weighted by molar-refractivity contribution is 7.89. The standard InChI is InChI=1S/C21H26N4O7S/c1-2-7-24-17-4-3-15(33(29,30)23-8-10-31-11-9-23)12-16(17)22-18(24)14-32-21(28)13-25-19(26)5-6-20(25)27/h3-4,12H,2,5-11,13-14H2,1H3. The first-order chi connectivity index (χ1) is 15.8. The number of carbonyl (C=O) groups is 3. The molecule has 0 aliphatic carbocycles. The Morgan fingerprint density at radius 1 is 1.15 bits per heavy atom. The smallest absolute Gasteiger partial charge is 0.326 e. The summed E-state index contributed by atoms with van der Waals surface area (Å²) in [7, 11) is -3.67. The molecule has 0 saturated carbocycles. The molecule has 3 heterocycles. The fourth-order valence-electron chi connectivity index (χ4n) is 3.96. The molecule has 178 valence electrons. The van der Waals surface area contributed by atoms with Crippen LogP contribution in [-0.2, 0) is 47.0 Å². The summed E-state index contributed by atoms with van der Waals surface area (Å²) in [6.07, 6.45) is 0.999. The summed E-state index contributed by atoms with van der Waals surface area (Å²) in [5.74, 6) is -1.02. The maximum Gasteiger partial charge on any atom is 0.326 e. The maximum absolute atomic E-state index is 13.0. The third-order valence-corrected chi connectivity index (χ3v) is 7.55. The van der Waals surface area contributed by atoms with Gasteiger partial charge in [-0.1, -0.05) is 6.92 Å². The molecule has 4 rings (SSSR count). The molecule has 0 bridgehead atoms. The van der Waals surface area contributed by atoms with Crippen LogP contribution in [-0.4, -0.2) is 77.8 Å². The highest BCUT2D eigenvalue weighted by atomic mass is 32.2. The molecule has 2 aliphatic rings. The predicted octanol–water partition coefficient (Wildman–Crippen LogP) is 0.659. The van der Waals surface area contributed by atoms with E-state index < -0.39 is 22.5 Å². The molecule has 2 amide bonds. The summed E-state index contributed by atoms with van der Waals surface area (Å²) in [5.41, 5.74) is 1.21. The summed E-state index contributed by atoms with van der Waals surface area (Å²) in [6, 6.07) is 4.79. The molecule has 0 radical (unpaired) electrons. The number of ether oxygens (including phenoxy) is 2. The number of imide groups is 1. The molecule has 12 heteroatoms. The van der Waals surface area contributed by atoms with Crippen molar-refractivity contribution in [1.82, 2.24) is 18.8 Å². The quantitative estimate of drug-likeness (QED) is 0.400. The minimum absolute atomic E-state index is 0.105. The van der Waals surface area contributed by atoms with Crippen molar-refractivity contribution in [2.75, 3.05) is 32.8 Å². The molecular weight excluding hydrogens is 452 g/mol. The van der Waals surface area contributed by atoms with Crippen molar-refractivity contribution in [1.29, 1.82) is 0 Å². The van der Waals surface area contributed by atoms with Crippen LogP contribution in [0.4, 0.5) is 0 Å². The fourth-order valence-corrected chi connectivity index (χ4v) is 5.39. The number of rotatable bonds is 8.